The van der Waals surface area contributed by atoms with E-state index in [1.807, 2.05) is 0 Å². The van der Waals surface area contributed by atoms with Crippen molar-refractivity contribution < 1.29 is 4.79 Å². The van der Waals surface area contributed by atoms with Gasteiger partial charge in [0.2, 0.25) is 0 Å². The molecule has 1 rings (SSSR count). The van der Waals surface area contributed by atoms with Crippen molar-refractivity contribution in [1.82, 2.24) is 5.32 Å². The van der Waals surface area contributed by atoms with Crippen molar-refractivity contribution in [2.75, 3.05) is 0 Å². The van der Waals surface area contributed by atoms with Gasteiger partial charge in [0.05, 0.1) is 5.57 Å². The van der Waals surface area contributed by atoms with Crippen LogP contribution in [0.25, 0.3) is 0 Å². The van der Waals surface area contributed by atoms with Gasteiger partial charge in [0.1, 0.15) is 5.82 Å². The van der Waals surface area contributed by atoms with Gasteiger partial charge in [-0.2, -0.15) is 0 Å². The fraction of sp³-hybridized carbons (Fsp3) is 0. The molecule has 4 N–H and O–H groups in total. The molecule has 0 atom stereocenters. The zero-order chi connectivity index (χ0) is 8.97. The van der Waals surface area contributed by atoms with E-state index in [0.717, 1.165) is 6.21 Å². The van der Waals surface area contributed by atoms with Gasteiger partial charge < -0.3 is 16.5 Å². The topological polar surface area (TPSA) is 91.3 Å². The van der Waals surface area contributed by atoms with Crippen LogP contribution in [0.2, 0.25) is 0 Å². The Bertz CT molecular complexity index is 301. The van der Waals surface area contributed by atoms with Gasteiger partial charge in [0.25, 0.3) is 5.91 Å². The second kappa shape index (κ2) is 3.47. The highest BCUT2D eigenvalue weighted by Gasteiger charge is 2.08. The molecule has 0 saturated carbocycles. The highest BCUT2D eigenvalue weighted by Crippen LogP contribution is 2.01. The molecule has 0 aromatic rings. The first-order valence-electron chi connectivity index (χ1n) is 3.26. The van der Waals surface area contributed by atoms with E-state index in [2.05, 4.69) is 10.3 Å². The lowest BCUT2D eigenvalue weighted by Crippen LogP contribution is -2.21. The third-order valence-electron chi connectivity index (χ3n) is 1.27. The van der Waals surface area contributed by atoms with Gasteiger partial charge in [0, 0.05) is 18.6 Å². The van der Waals surface area contributed by atoms with Gasteiger partial charge in [-0.3, -0.25) is 4.79 Å². The first kappa shape index (κ1) is 8.19. The Hall–Kier alpha value is -1.91. The highest BCUT2D eigenvalue weighted by atomic mass is 16.1. The molecular formula is C7H8N4O. The molecule has 0 unspecified atom stereocenters. The van der Waals surface area contributed by atoms with E-state index in [0.29, 0.717) is 5.82 Å². The standard InChI is InChI=1S/C7H8N4O/c8-4-5(6(9)12)7-10-2-1-3-11-7/h1-4,8,10H,(H2,9,12)/b7-5-,8-4?. The predicted octanol–water partition coefficient (Wildman–Crippen LogP) is -0.479. The summed E-state index contributed by atoms with van der Waals surface area (Å²) >= 11 is 0. The molecule has 12 heavy (non-hydrogen) atoms. The van der Waals surface area contributed by atoms with Crippen LogP contribution >= 0.6 is 0 Å². The maximum atomic E-state index is 10.7. The smallest absolute Gasteiger partial charge is 0.254 e. The SMILES string of the molecule is N=C/C(C(N)=O)=C1/N=CC=CN1. The number of hydrogen-bond donors (Lipinski definition) is 3. The van der Waals surface area contributed by atoms with E-state index in [1.165, 1.54) is 6.21 Å². The van der Waals surface area contributed by atoms with Gasteiger partial charge in [0.15, 0.2) is 0 Å². The molecule has 0 saturated heterocycles. The number of nitrogens with one attached hydrogen (secondary N) is 2. The number of amides is 1. The van der Waals surface area contributed by atoms with Crippen LogP contribution < -0.4 is 11.1 Å². The normalized spacial score (nSPS) is 18.3. The molecule has 0 aliphatic carbocycles. The fourth-order valence-electron chi connectivity index (χ4n) is 0.728. The van der Waals surface area contributed by atoms with E-state index in [4.69, 9.17) is 11.1 Å². The van der Waals surface area contributed by atoms with Crippen molar-refractivity contribution in [3.63, 3.8) is 0 Å². The Morgan fingerprint density at radius 1 is 1.75 bits per heavy atom. The first-order chi connectivity index (χ1) is 5.75. The molecule has 0 fully saturated rings. The van der Waals surface area contributed by atoms with Gasteiger partial charge in [-0.1, -0.05) is 0 Å². The molecule has 1 heterocycles. The Morgan fingerprint density at radius 3 is 2.92 bits per heavy atom. The predicted molar refractivity (Wildman–Crippen MR) is 45.8 cm³/mol. The molecule has 1 aliphatic rings. The lowest BCUT2D eigenvalue weighted by atomic mass is 10.2. The molecule has 0 aromatic carbocycles. The van der Waals surface area contributed by atoms with Crippen molar-refractivity contribution >= 4 is 18.3 Å². The molecule has 5 nitrogen and oxygen atoms in total. The van der Waals surface area contributed by atoms with E-state index >= 15 is 0 Å². The van der Waals surface area contributed by atoms with Crippen LogP contribution in [0.4, 0.5) is 0 Å². The van der Waals surface area contributed by atoms with E-state index in [1.54, 1.807) is 12.3 Å². The average molecular weight is 164 g/mol. The van der Waals surface area contributed by atoms with Crippen LogP contribution in [0.5, 0.6) is 0 Å². The van der Waals surface area contributed by atoms with Gasteiger partial charge in [-0.25, -0.2) is 4.99 Å². The molecular weight excluding hydrogens is 156 g/mol. The minimum Gasteiger partial charge on any atom is -0.365 e. The molecule has 1 aliphatic heterocycles. The molecule has 62 valence electrons. The summed E-state index contributed by atoms with van der Waals surface area (Å²) in [5.74, 6) is -0.361. The third-order valence-corrected chi connectivity index (χ3v) is 1.27. The van der Waals surface area contributed by atoms with Crippen molar-refractivity contribution in [3.8, 4) is 0 Å². The number of allylic oxidation sites excluding steroid dienone is 1. The number of nitrogens with zero attached hydrogens (tertiary/aromatic N) is 1. The van der Waals surface area contributed by atoms with Gasteiger partial charge in [-0.05, 0) is 6.08 Å². The number of rotatable bonds is 2. The lowest BCUT2D eigenvalue weighted by Gasteiger charge is -2.06. The monoisotopic (exact) mass is 164 g/mol. The van der Waals surface area contributed by atoms with Gasteiger partial charge >= 0.3 is 0 Å². The largest absolute Gasteiger partial charge is 0.365 e. The Labute approximate surface area is 69.2 Å². The summed E-state index contributed by atoms with van der Waals surface area (Å²) < 4.78 is 0. The minimum absolute atomic E-state index is 0.0654. The number of hydrogen-bond acceptors (Lipinski definition) is 4. The summed E-state index contributed by atoms with van der Waals surface area (Å²) in [5.41, 5.74) is 5.06. The molecule has 0 aromatic heterocycles. The Kier molecular flexibility index (Phi) is 2.37. The van der Waals surface area contributed by atoms with Crippen LogP contribution in [-0.4, -0.2) is 18.3 Å². The van der Waals surface area contributed by atoms with Crippen molar-refractivity contribution in [1.29, 1.82) is 5.41 Å². The number of carbonyl (C=O) groups excluding carboxylic acids is 1. The number of primary amides is 1. The van der Waals surface area contributed by atoms with Crippen molar-refractivity contribution in [3.05, 3.63) is 23.7 Å². The van der Waals surface area contributed by atoms with E-state index in [9.17, 15) is 4.79 Å². The van der Waals surface area contributed by atoms with E-state index < -0.39 is 5.91 Å². The third kappa shape index (κ3) is 1.57. The highest BCUT2D eigenvalue weighted by molar-refractivity contribution is 6.11. The maximum absolute atomic E-state index is 10.7. The average Bonchev–Trinajstić information content (AvgIpc) is 2.07. The summed E-state index contributed by atoms with van der Waals surface area (Å²) in [7, 11) is 0. The van der Waals surface area contributed by atoms with Crippen LogP contribution in [0.1, 0.15) is 0 Å². The van der Waals surface area contributed by atoms with Crippen molar-refractivity contribution in [2.45, 2.75) is 0 Å². The lowest BCUT2D eigenvalue weighted by molar-refractivity contribution is -0.114. The van der Waals surface area contributed by atoms with E-state index in [-0.39, 0.29) is 5.57 Å². The van der Waals surface area contributed by atoms with Crippen LogP contribution in [-0.2, 0) is 4.79 Å². The molecule has 0 spiro atoms. The molecule has 5 heteroatoms. The van der Waals surface area contributed by atoms with Crippen LogP contribution in [0.15, 0.2) is 28.7 Å². The van der Waals surface area contributed by atoms with Crippen LogP contribution in [0, 0.1) is 5.41 Å². The second-order valence-corrected chi connectivity index (χ2v) is 2.05. The van der Waals surface area contributed by atoms with Crippen LogP contribution in [0.3, 0.4) is 0 Å². The quantitative estimate of drug-likeness (QED) is 0.380. The number of nitrogens with two attached hydrogens (primary N) is 1. The second-order valence-electron chi connectivity index (χ2n) is 2.05. The molecule has 1 amide bonds. The molecule has 0 bridgehead atoms. The summed E-state index contributed by atoms with van der Waals surface area (Å²) in [6.07, 6.45) is 5.67. The number of aliphatic imine (C=N–C) groups is 1. The maximum Gasteiger partial charge on any atom is 0.254 e. The summed E-state index contributed by atoms with van der Waals surface area (Å²) in [5, 5.41) is 9.61. The fourth-order valence-corrected chi connectivity index (χ4v) is 0.728. The molecule has 0 radical (unpaired) electrons. The zero-order valence-electron chi connectivity index (χ0n) is 6.24. The summed E-state index contributed by atoms with van der Waals surface area (Å²) in [6.45, 7) is 0. The number of carbonyl (C=O) groups is 1. The first-order valence-corrected chi connectivity index (χ1v) is 3.26. The summed E-state index contributed by atoms with van der Waals surface area (Å²) in [6, 6.07) is 0. The summed E-state index contributed by atoms with van der Waals surface area (Å²) in [4.78, 5) is 14.5. The van der Waals surface area contributed by atoms with Crippen molar-refractivity contribution in [2.24, 2.45) is 10.7 Å². The Balaban J connectivity index is 3.01. The Morgan fingerprint density at radius 2 is 2.50 bits per heavy atom. The minimum atomic E-state index is -0.667. The van der Waals surface area contributed by atoms with Gasteiger partial charge in [-0.15, -0.1) is 0 Å². The zero-order valence-corrected chi connectivity index (χ0v) is 6.24.